The molecule has 0 aliphatic carbocycles. The molecular weight excluding hydrogens is 277 g/mol. The third kappa shape index (κ3) is 2.63. The maximum absolute atomic E-state index is 14.1. The van der Waals surface area contributed by atoms with Crippen molar-refractivity contribution in [3.05, 3.63) is 29.6 Å². The molecule has 0 aromatic heterocycles. The second-order valence-corrected chi connectivity index (χ2v) is 6.48. The van der Waals surface area contributed by atoms with Crippen molar-refractivity contribution in [2.45, 2.75) is 38.8 Å². The molecule has 2 heterocycles. The minimum absolute atomic E-state index is 0.0674. The Bertz CT molecular complexity index is 532. The van der Waals surface area contributed by atoms with E-state index in [-0.39, 0.29) is 17.6 Å². The lowest BCUT2D eigenvalue weighted by Gasteiger charge is -2.46. The number of hydrogen-bond acceptors (Lipinski definition) is 2. The molecule has 0 radical (unpaired) electrons. The van der Waals surface area contributed by atoms with E-state index in [1.165, 1.54) is 0 Å². The summed E-state index contributed by atoms with van der Waals surface area (Å²) in [7, 11) is 0. The highest BCUT2D eigenvalue weighted by Gasteiger charge is 2.38. The summed E-state index contributed by atoms with van der Waals surface area (Å²) < 4.78 is 41.2. The second-order valence-electron chi connectivity index (χ2n) is 6.48. The van der Waals surface area contributed by atoms with Crippen molar-refractivity contribution in [3.8, 4) is 0 Å². The summed E-state index contributed by atoms with van der Waals surface area (Å²) in [5, 5.41) is 0. The number of rotatable bonds is 2. The van der Waals surface area contributed by atoms with Gasteiger partial charge in [0, 0.05) is 37.3 Å². The molecule has 21 heavy (non-hydrogen) atoms. The molecule has 0 saturated carbocycles. The van der Waals surface area contributed by atoms with Crippen LogP contribution in [0, 0.1) is 23.4 Å². The quantitative estimate of drug-likeness (QED) is 0.772. The molecule has 0 amide bonds. The van der Waals surface area contributed by atoms with Gasteiger partial charge in [0.1, 0.15) is 5.82 Å². The highest BCUT2D eigenvalue weighted by atomic mass is 19.2. The molecule has 5 heteroatoms. The van der Waals surface area contributed by atoms with Crippen LogP contribution in [0.5, 0.6) is 0 Å². The van der Waals surface area contributed by atoms with Crippen LogP contribution in [0.3, 0.4) is 0 Å². The number of halogens is 3. The molecule has 2 aliphatic rings. The van der Waals surface area contributed by atoms with Gasteiger partial charge in [-0.05, 0) is 25.3 Å². The Kier molecular flexibility index (Phi) is 3.86. The lowest BCUT2D eigenvalue weighted by atomic mass is 9.96. The van der Waals surface area contributed by atoms with Crippen LogP contribution in [0.4, 0.5) is 18.9 Å². The Hall–Kier alpha value is -1.23. The van der Waals surface area contributed by atoms with Gasteiger partial charge in [-0.3, -0.25) is 4.90 Å². The Morgan fingerprint density at radius 3 is 2.62 bits per heavy atom. The van der Waals surface area contributed by atoms with Gasteiger partial charge in [-0.1, -0.05) is 13.8 Å². The van der Waals surface area contributed by atoms with Gasteiger partial charge in [0.15, 0.2) is 11.6 Å². The largest absolute Gasteiger partial charge is 0.363 e. The molecule has 2 fully saturated rings. The Morgan fingerprint density at radius 2 is 1.90 bits per heavy atom. The van der Waals surface area contributed by atoms with Crippen LogP contribution in [0.15, 0.2) is 12.1 Å². The summed E-state index contributed by atoms with van der Waals surface area (Å²) >= 11 is 0. The minimum Gasteiger partial charge on any atom is -0.363 e. The second kappa shape index (κ2) is 5.52. The van der Waals surface area contributed by atoms with E-state index in [1.807, 2.05) is 4.90 Å². The molecule has 2 nitrogen and oxygen atoms in total. The number of piperazine rings is 1. The first-order chi connectivity index (χ1) is 9.97. The number of nitrogens with zero attached hydrogens (tertiary/aromatic N) is 2. The molecule has 2 saturated heterocycles. The van der Waals surface area contributed by atoms with E-state index < -0.39 is 17.5 Å². The normalized spacial score (nSPS) is 26.5. The van der Waals surface area contributed by atoms with Crippen LogP contribution >= 0.6 is 0 Å². The van der Waals surface area contributed by atoms with Crippen molar-refractivity contribution < 1.29 is 13.2 Å². The third-order valence-electron chi connectivity index (χ3n) is 4.78. The van der Waals surface area contributed by atoms with Gasteiger partial charge < -0.3 is 4.90 Å². The fourth-order valence-electron chi connectivity index (χ4n) is 3.64. The molecule has 0 spiro atoms. The van der Waals surface area contributed by atoms with Crippen molar-refractivity contribution in [2.24, 2.45) is 5.92 Å². The lowest BCUT2D eigenvalue weighted by Crippen LogP contribution is -2.58. The average Bonchev–Trinajstić information content (AvgIpc) is 2.88. The van der Waals surface area contributed by atoms with Gasteiger partial charge in [-0.15, -0.1) is 0 Å². The van der Waals surface area contributed by atoms with Crippen molar-refractivity contribution in [1.29, 1.82) is 0 Å². The number of benzene rings is 1. The van der Waals surface area contributed by atoms with E-state index in [2.05, 4.69) is 18.7 Å². The standard InChI is InChI=1S/C16H21F3N2/c1-10(2)15-9-20-5-3-4-12(20)8-21(15)14-7-11(17)6-13(18)16(14)19/h6-7,10,12,15H,3-5,8-9H2,1-2H3. The fraction of sp³-hybridized carbons (Fsp3) is 0.625. The summed E-state index contributed by atoms with van der Waals surface area (Å²) in [6, 6.07) is 2.17. The smallest absolute Gasteiger partial charge is 0.182 e. The van der Waals surface area contributed by atoms with Crippen molar-refractivity contribution >= 4 is 5.69 Å². The molecular formula is C16H21F3N2. The number of fused-ring (bicyclic) bond motifs is 1. The molecule has 2 aliphatic heterocycles. The first-order valence-electron chi connectivity index (χ1n) is 7.62. The van der Waals surface area contributed by atoms with Crippen LogP contribution in [-0.2, 0) is 0 Å². The highest BCUT2D eigenvalue weighted by Crippen LogP contribution is 2.33. The summed E-state index contributed by atoms with van der Waals surface area (Å²) in [4.78, 5) is 4.30. The van der Waals surface area contributed by atoms with Crippen LogP contribution in [-0.4, -0.2) is 36.6 Å². The molecule has 2 atom stereocenters. The molecule has 2 unspecified atom stereocenters. The lowest BCUT2D eigenvalue weighted by molar-refractivity contribution is 0.175. The van der Waals surface area contributed by atoms with Crippen LogP contribution < -0.4 is 4.90 Å². The van der Waals surface area contributed by atoms with Gasteiger partial charge >= 0.3 is 0 Å². The summed E-state index contributed by atoms with van der Waals surface area (Å²) in [6.45, 7) is 6.69. The zero-order chi connectivity index (χ0) is 15.1. The third-order valence-corrected chi connectivity index (χ3v) is 4.78. The van der Waals surface area contributed by atoms with E-state index in [1.54, 1.807) is 0 Å². The molecule has 116 valence electrons. The van der Waals surface area contributed by atoms with Gasteiger partial charge in [0.05, 0.1) is 5.69 Å². The number of anilines is 1. The van der Waals surface area contributed by atoms with Crippen molar-refractivity contribution in [3.63, 3.8) is 0 Å². The van der Waals surface area contributed by atoms with Crippen LogP contribution in [0.1, 0.15) is 26.7 Å². The van der Waals surface area contributed by atoms with E-state index in [4.69, 9.17) is 0 Å². The monoisotopic (exact) mass is 298 g/mol. The number of hydrogen-bond donors (Lipinski definition) is 0. The first kappa shape index (κ1) is 14.7. The van der Waals surface area contributed by atoms with E-state index in [0.29, 0.717) is 18.7 Å². The molecule has 1 aromatic carbocycles. The first-order valence-corrected chi connectivity index (χ1v) is 7.62. The van der Waals surface area contributed by atoms with Gasteiger partial charge in [0.2, 0.25) is 0 Å². The Morgan fingerprint density at radius 1 is 1.14 bits per heavy atom. The predicted octanol–water partition coefficient (Wildman–Crippen LogP) is 3.41. The summed E-state index contributed by atoms with van der Waals surface area (Å²) in [5.41, 5.74) is 0.0674. The summed E-state index contributed by atoms with van der Waals surface area (Å²) in [6.07, 6.45) is 2.21. The van der Waals surface area contributed by atoms with Crippen molar-refractivity contribution in [1.82, 2.24) is 4.90 Å². The molecule has 0 bridgehead atoms. The van der Waals surface area contributed by atoms with Gasteiger partial charge in [-0.25, -0.2) is 13.2 Å². The van der Waals surface area contributed by atoms with Crippen LogP contribution in [0.25, 0.3) is 0 Å². The van der Waals surface area contributed by atoms with Gasteiger partial charge in [0.25, 0.3) is 0 Å². The van der Waals surface area contributed by atoms with E-state index in [0.717, 1.165) is 32.0 Å². The van der Waals surface area contributed by atoms with E-state index >= 15 is 0 Å². The van der Waals surface area contributed by atoms with Crippen LogP contribution in [0.2, 0.25) is 0 Å². The highest BCUT2D eigenvalue weighted by molar-refractivity contribution is 5.50. The topological polar surface area (TPSA) is 6.48 Å². The SMILES string of the molecule is CC(C)C1CN2CCCC2CN1c1cc(F)cc(F)c1F. The van der Waals surface area contributed by atoms with Gasteiger partial charge in [-0.2, -0.15) is 0 Å². The fourth-order valence-corrected chi connectivity index (χ4v) is 3.64. The Balaban J connectivity index is 1.98. The molecule has 0 N–H and O–H groups in total. The zero-order valence-corrected chi connectivity index (χ0v) is 12.5. The predicted molar refractivity (Wildman–Crippen MR) is 76.9 cm³/mol. The maximum atomic E-state index is 14.1. The Labute approximate surface area is 123 Å². The molecule has 1 aromatic rings. The van der Waals surface area contributed by atoms with E-state index in [9.17, 15) is 13.2 Å². The zero-order valence-electron chi connectivity index (χ0n) is 12.5. The maximum Gasteiger partial charge on any atom is 0.182 e. The minimum atomic E-state index is -1.11. The molecule has 3 rings (SSSR count). The average molecular weight is 298 g/mol. The van der Waals surface area contributed by atoms with Crippen molar-refractivity contribution in [2.75, 3.05) is 24.5 Å². The summed E-state index contributed by atoms with van der Waals surface area (Å²) in [5.74, 6) is -2.48.